The molecule has 4 nitrogen and oxygen atoms in total. The van der Waals surface area contributed by atoms with Gasteiger partial charge in [0.15, 0.2) is 0 Å². The van der Waals surface area contributed by atoms with Crippen LogP contribution in [0.5, 0.6) is 0 Å². The lowest BCUT2D eigenvalue weighted by atomic mass is 10.2. The zero-order valence-corrected chi connectivity index (χ0v) is 21.8. The van der Waals surface area contributed by atoms with Gasteiger partial charge in [-0.3, -0.25) is 9.13 Å². The van der Waals surface area contributed by atoms with Gasteiger partial charge in [-0.15, -0.1) is 0 Å². The van der Waals surface area contributed by atoms with E-state index in [1.807, 2.05) is 0 Å². The Morgan fingerprint density at radius 1 is 0.414 bits per heavy atom. The molecule has 0 radical (unpaired) electrons. The molecule has 0 aliphatic rings. The summed E-state index contributed by atoms with van der Waals surface area (Å²) in [6.07, 6.45) is 18.5. The Morgan fingerprint density at radius 2 is 0.621 bits per heavy atom. The molecule has 0 aliphatic heterocycles. The number of rotatable bonds is 19. The molecule has 0 fully saturated rings. The van der Waals surface area contributed by atoms with Crippen LogP contribution in [0.25, 0.3) is 0 Å². The maximum absolute atomic E-state index is 11.7. The maximum atomic E-state index is 11.7. The third kappa shape index (κ3) is 26.3. The van der Waals surface area contributed by atoms with Crippen molar-refractivity contribution < 1.29 is 18.9 Å². The van der Waals surface area contributed by atoms with Crippen molar-refractivity contribution in [1.82, 2.24) is 0 Å². The van der Waals surface area contributed by atoms with Crippen LogP contribution in [0, 0.1) is 0 Å². The van der Waals surface area contributed by atoms with Gasteiger partial charge in [-0.2, -0.15) is 0 Å². The van der Waals surface area contributed by atoms with E-state index in [2.05, 4.69) is 27.7 Å². The maximum Gasteiger partial charge on any atom is 0.200 e. The molecule has 6 heteroatoms. The quantitative estimate of drug-likeness (QED) is 0.152. The minimum Gasteiger partial charge on any atom is -0.344 e. The summed E-state index contributed by atoms with van der Waals surface area (Å²) < 4.78 is 23.3. The summed E-state index contributed by atoms with van der Waals surface area (Å²) in [6.45, 7) is 8.58. The van der Waals surface area contributed by atoms with E-state index in [0.29, 0.717) is 24.6 Å². The molecule has 178 valence electrons. The minimum atomic E-state index is -2.77. The van der Waals surface area contributed by atoms with Crippen molar-refractivity contribution in [2.45, 2.75) is 124 Å². The molecule has 0 amide bonds. The first-order valence-corrected chi connectivity index (χ1v) is 16.4. The predicted molar refractivity (Wildman–Crippen MR) is 131 cm³/mol. The summed E-state index contributed by atoms with van der Waals surface area (Å²) in [5.41, 5.74) is 0. The Kier molecular flexibility index (Phi) is 23.5. The van der Waals surface area contributed by atoms with E-state index in [0.717, 1.165) is 57.8 Å². The summed E-state index contributed by atoms with van der Waals surface area (Å²) in [4.78, 5) is 19.3. The van der Waals surface area contributed by atoms with Crippen LogP contribution in [0.1, 0.15) is 124 Å². The molecule has 2 N–H and O–H groups in total. The number of hydrogen-bond acceptors (Lipinski definition) is 2. The minimum absolute atomic E-state index is 0.535. The van der Waals surface area contributed by atoms with E-state index in [1.54, 1.807) is 0 Å². The average Bonchev–Trinajstić information content (AvgIpc) is 2.67. The lowest BCUT2D eigenvalue weighted by molar-refractivity contribution is 0.469. The fourth-order valence-electron chi connectivity index (χ4n) is 3.19. The third-order valence-corrected chi connectivity index (χ3v) is 9.25. The van der Waals surface area contributed by atoms with E-state index in [-0.39, 0.29) is 0 Å². The van der Waals surface area contributed by atoms with Crippen LogP contribution in [0.3, 0.4) is 0 Å². The molecule has 0 aliphatic carbocycles. The summed E-state index contributed by atoms with van der Waals surface area (Å²) in [5, 5.41) is 0. The van der Waals surface area contributed by atoms with Gasteiger partial charge in [0.05, 0.1) is 0 Å². The van der Waals surface area contributed by atoms with Crippen LogP contribution in [0.4, 0.5) is 0 Å². The van der Waals surface area contributed by atoms with Gasteiger partial charge in [-0.1, -0.05) is 98.3 Å². The molecular formula is C23H52O4P2. The van der Waals surface area contributed by atoms with E-state index >= 15 is 0 Å². The van der Waals surface area contributed by atoms with Gasteiger partial charge < -0.3 is 9.79 Å². The summed E-state index contributed by atoms with van der Waals surface area (Å²) in [7, 11) is -5.54. The van der Waals surface area contributed by atoms with Gasteiger partial charge in [-0.05, 0) is 25.7 Å². The Morgan fingerprint density at radius 3 is 0.862 bits per heavy atom. The van der Waals surface area contributed by atoms with Gasteiger partial charge in [-0.25, -0.2) is 0 Å². The van der Waals surface area contributed by atoms with Gasteiger partial charge in [0.2, 0.25) is 14.7 Å². The molecule has 0 saturated heterocycles. The van der Waals surface area contributed by atoms with Crippen LogP contribution in [0.2, 0.25) is 0 Å². The van der Waals surface area contributed by atoms with Crippen molar-refractivity contribution in [1.29, 1.82) is 0 Å². The van der Waals surface area contributed by atoms with E-state index in [4.69, 9.17) is 0 Å². The summed E-state index contributed by atoms with van der Waals surface area (Å²) in [5.74, 6) is 0. The molecule has 29 heavy (non-hydrogen) atoms. The van der Waals surface area contributed by atoms with Gasteiger partial charge in [0.1, 0.15) is 0 Å². The molecule has 0 aromatic rings. The Hall–Kier alpha value is 0.380. The standard InChI is InChI=1S/C12H27O2P.C11H25O2P/c1-3-5-7-9-11-15(13,14)12-10-8-6-4-2;1-3-5-7-9-11-14(12,13)10-8-6-4-2/h3-12H2,1-2H3,(H,13,14);3-11H2,1-2H3,(H,12,13). The highest BCUT2D eigenvalue weighted by Crippen LogP contribution is 2.43. The number of hydrogen-bond donors (Lipinski definition) is 2. The van der Waals surface area contributed by atoms with Crippen LogP contribution >= 0.6 is 14.7 Å². The van der Waals surface area contributed by atoms with Crippen LogP contribution in [-0.4, -0.2) is 34.4 Å². The Bertz CT molecular complexity index is 411. The van der Waals surface area contributed by atoms with Crippen LogP contribution < -0.4 is 0 Å². The molecule has 1 unspecified atom stereocenters. The first-order valence-electron chi connectivity index (χ1n) is 12.4. The third-order valence-electron chi connectivity index (χ3n) is 5.19. The summed E-state index contributed by atoms with van der Waals surface area (Å²) in [6, 6.07) is 0. The van der Waals surface area contributed by atoms with E-state index in [1.165, 1.54) is 38.5 Å². The van der Waals surface area contributed by atoms with Crippen molar-refractivity contribution in [2.24, 2.45) is 0 Å². The smallest absolute Gasteiger partial charge is 0.200 e. The van der Waals surface area contributed by atoms with Gasteiger partial charge >= 0.3 is 0 Å². The van der Waals surface area contributed by atoms with E-state index < -0.39 is 14.7 Å². The second-order valence-electron chi connectivity index (χ2n) is 8.48. The molecule has 0 saturated carbocycles. The predicted octanol–water partition coefficient (Wildman–Crippen LogP) is 8.44. The van der Waals surface area contributed by atoms with Crippen LogP contribution in [0.15, 0.2) is 0 Å². The largest absolute Gasteiger partial charge is 0.344 e. The van der Waals surface area contributed by atoms with Crippen molar-refractivity contribution in [3.63, 3.8) is 0 Å². The highest BCUT2D eigenvalue weighted by molar-refractivity contribution is 7.58. The highest BCUT2D eigenvalue weighted by atomic mass is 31.2. The first kappa shape index (κ1) is 31.6. The molecule has 0 heterocycles. The molecular weight excluding hydrogens is 402 g/mol. The van der Waals surface area contributed by atoms with Crippen molar-refractivity contribution >= 4 is 14.7 Å². The fourth-order valence-corrected chi connectivity index (χ4v) is 6.51. The molecule has 0 spiro atoms. The SMILES string of the molecule is CCCCCCP(=O)(O)CCCCC.CCCCCCP(=O)(O)CCCCCC. The fraction of sp³-hybridized carbons (Fsp3) is 1.00. The second kappa shape index (κ2) is 21.6. The Labute approximate surface area is 182 Å². The van der Waals surface area contributed by atoms with Gasteiger partial charge in [0.25, 0.3) is 0 Å². The molecule has 0 rings (SSSR count). The van der Waals surface area contributed by atoms with Gasteiger partial charge in [0, 0.05) is 24.6 Å². The lowest BCUT2D eigenvalue weighted by Gasteiger charge is -2.10. The molecule has 0 aromatic carbocycles. The van der Waals surface area contributed by atoms with E-state index in [9.17, 15) is 18.9 Å². The molecule has 1 atom stereocenters. The molecule has 0 bridgehead atoms. The van der Waals surface area contributed by atoms with Crippen LogP contribution in [-0.2, 0) is 9.13 Å². The normalized spacial score (nSPS) is 13.6. The Balaban J connectivity index is 0. The van der Waals surface area contributed by atoms with Crippen molar-refractivity contribution in [3.05, 3.63) is 0 Å². The lowest BCUT2D eigenvalue weighted by Crippen LogP contribution is -1.95. The topological polar surface area (TPSA) is 74.6 Å². The number of unbranched alkanes of at least 4 members (excludes halogenated alkanes) is 11. The first-order chi connectivity index (χ1) is 13.7. The van der Waals surface area contributed by atoms with Crippen molar-refractivity contribution in [2.75, 3.05) is 24.6 Å². The second-order valence-corrected chi connectivity index (χ2v) is 13.7. The zero-order chi connectivity index (χ0) is 22.4. The molecule has 0 aromatic heterocycles. The monoisotopic (exact) mass is 454 g/mol. The highest BCUT2D eigenvalue weighted by Gasteiger charge is 2.17. The summed E-state index contributed by atoms with van der Waals surface area (Å²) >= 11 is 0. The average molecular weight is 455 g/mol. The van der Waals surface area contributed by atoms with Crippen molar-refractivity contribution in [3.8, 4) is 0 Å². The zero-order valence-electron chi connectivity index (χ0n) is 20.0.